The van der Waals surface area contributed by atoms with Gasteiger partial charge >= 0.3 is 0 Å². The van der Waals surface area contributed by atoms with Gasteiger partial charge in [0, 0.05) is 43.5 Å². The van der Waals surface area contributed by atoms with Gasteiger partial charge in [0.2, 0.25) is 0 Å². The topological polar surface area (TPSA) is 38.7 Å². The summed E-state index contributed by atoms with van der Waals surface area (Å²) in [6.07, 6.45) is 0. The van der Waals surface area contributed by atoms with Crippen LogP contribution >= 0.6 is 11.3 Å². The molecular formula is C51H33N3S. The van der Waals surface area contributed by atoms with Crippen LogP contribution in [-0.2, 0) is 0 Å². The van der Waals surface area contributed by atoms with Gasteiger partial charge in [-0.05, 0) is 34.4 Å². The van der Waals surface area contributed by atoms with E-state index >= 15 is 0 Å². The normalized spacial score (nSPS) is 11.3. The molecule has 0 spiro atoms. The molecule has 10 aromatic rings. The van der Waals surface area contributed by atoms with Gasteiger partial charge in [0.1, 0.15) is 0 Å². The monoisotopic (exact) mass is 719 g/mol. The first-order chi connectivity index (χ1) is 27.3. The largest absolute Gasteiger partial charge is 0.246 e. The van der Waals surface area contributed by atoms with E-state index in [9.17, 15) is 0 Å². The number of hydrogen-bond donors (Lipinski definition) is 0. The molecule has 3 heterocycles. The lowest BCUT2D eigenvalue weighted by Gasteiger charge is -2.11. The molecule has 10 rings (SSSR count). The van der Waals surface area contributed by atoms with Gasteiger partial charge in [0.05, 0.1) is 27.3 Å². The summed E-state index contributed by atoms with van der Waals surface area (Å²) in [6, 6.07) is 70.1. The Kier molecular flexibility index (Phi) is 8.36. The van der Waals surface area contributed by atoms with Crippen LogP contribution in [-0.4, -0.2) is 15.0 Å². The molecule has 0 N–H and O–H groups in total. The van der Waals surface area contributed by atoms with E-state index in [4.69, 9.17) is 15.0 Å². The first kappa shape index (κ1) is 32.6. The van der Waals surface area contributed by atoms with Crippen molar-refractivity contribution in [2.24, 2.45) is 0 Å². The van der Waals surface area contributed by atoms with Crippen LogP contribution in [0.4, 0.5) is 0 Å². The Morgan fingerprint density at radius 2 is 0.800 bits per heavy atom. The van der Waals surface area contributed by atoms with E-state index in [1.165, 1.54) is 42.8 Å². The molecule has 3 aromatic heterocycles. The third kappa shape index (κ3) is 6.19. The Labute approximate surface area is 323 Å². The average molecular weight is 720 g/mol. The van der Waals surface area contributed by atoms with Crippen LogP contribution < -0.4 is 0 Å². The molecule has 258 valence electrons. The van der Waals surface area contributed by atoms with Crippen molar-refractivity contribution >= 4 is 32.3 Å². The highest BCUT2D eigenvalue weighted by Gasteiger charge is 2.22. The van der Waals surface area contributed by atoms with Crippen LogP contribution in [0.3, 0.4) is 0 Å². The Bertz CT molecular complexity index is 2920. The lowest BCUT2D eigenvalue weighted by Crippen LogP contribution is -1.96. The summed E-state index contributed by atoms with van der Waals surface area (Å²) in [7, 11) is 0. The molecule has 4 heteroatoms. The fraction of sp³-hybridized carbons (Fsp3) is 0. The van der Waals surface area contributed by atoms with E-state index < -0.39 is 0 Å². The molecule has 3 nitrogen and oxygen atoms in total. The van der Waals surface area contributed by atoms with Crippen molar-refractivity contribution in [3.63, 3.8) is 0 Å². The number of para-hydroxylation sites is 1. The van der Waals surface area contributed by atoms with Gasteiger partial charge in [-0.1, -0.05) is 188 Å². The second-order valence-corrected chi connectivity index (χ2v) is 14.6. The molecule has 0 unspecified atom stereocenters. The summed E-state index contributed by atoms with van der Waals surface area (Å²) in [5, 5.41) is 2.40. The minimum Gasteiger partial charge on any atom is -0.246 e. The van der Waals surface area contributed by atoms with E-state index in [1.807, 2.05) is 35.6 Å². The summed E-state index contributed by atoms with van der Waals surface area (Å²) in [5.74, 6) is 0.697. The first-order valence-electron chi connectivity index (χ1n) is 18.4. The van der Waals surface area contributed by atoms with Crippen LogP contribution in [0.1, 0.15) is 0 Å². The Morgan fingerprint density at radius 1 is 0.345 bits per heavy atom. The number of rotatable bonds is 7. The molecule has 0 amide bonds. The van der Waals surface area contributed by atoms with Crippen molar-refractivity contribution in [3.05, 3.63) is 200 Å². The zero-order chi connectivity index (χ0) is 36.6. The Hall–Kier alpha value is -7.01. The summed E-state index contributed by atoms with van der Waals surface area (Å²) in [4.78, 5) is 16.8. The van der Waals surface area contributed by atoms with E-state index in [0.717, 1.165) is 50.2 Å². The molecule has 0 bridgehead atoms. The maximum absolute atomic E-state index is 5.34. The van der Waals surface area contributed by atoms with E-state index in [-0.39, 0.29) is 0 Å². The molecule has 0 aliphatic heterocycles. The summed E-state index contributed by atoms with van der Waals surface area (Å²) < 4.78 is 1.18. The van der Waals surface area contributed by atoms with Gasteiger partial charge < -0.3 is 0 Å². The van der Waals surface area contributed by atoms with Gasteiger partial charge in [-0.2, -0.15) is 0 Å². The van der Waals surface area contributed by atoms with Gasteiger partial charge in [-0.15, -0.1) is 11.3 Å². The molecule has 0 aliphatic carbocycles. The minimum absolute atomic E-state index is 0.697. The quantitative estimate of drug-likeness (QED) is 0.165. The van der Waals surface area contributed by atoms with Crippen LogP contribution in [0, 0.1) is 0 Å². The molecule has 0 saturated heterocycles. The SMILES string of the molecule is c1ccc(-c2ccc(-c3cc(-c4ccc(-c5nc6ccccc6c6c(-c7ccccc7)c(-c7ccccc7)sc56)cc4)nc(-c4ccccc4)n3)cc2)cc1. The van der Waals surface area contributed by atoms with Crippen LogP contribution in [0.5, 0.6) is 0 Å². The lowest BCUT2D eigenvalue weighted by molar-refractivity contribution is 1.18. The van der Waals surface area contributed by atoms with Crippen LogP contribution in [0.15, 0.2) is 200 Å². The van der Waals surface area contributed by atoms with Crippen molar-refractivity contribution in [2.45, 2.75) is 0 Å². The van der Waals surface area contributed by atoms with Crippen LogP contribution in [0.2, 0.25) is 0 Å². The predicted molar refractivity (Wildman–Crippen MR) is 231 cm³/mol. The highest BCUT2D eigenvalue weighted by atomic mass is 32.1. The third-order valence-electron chi connectivity index (χ3n) is 10.1. The van der Waals surface area contributed by atoms with Gasteiger partial charge in [-0.3, -0.25) is 0 Å². The van der Waals surface area contributed by atoms with Crippen molar-refractivity contribution in [2.75, 3.05) is 0 Å². The standard InChI is InChI=1S/C51H33N3S/c1-5-15-34(16-6-1)35-25-27-36(28-26-35)44-33-45(54-51(53-44)41-21-11-4-12-22-41)37-29-31-39(32-30-37)48-50-47(42-23-13-14-24-43(42)52-48)46(38-17-7-2-8-18-38)49(55-50)40-19-9-3-10-20-40/h1-33H. The second kappa shape index (κ2) is 14.1. The fourth-order valence-corrected chi connectivity index (χ4v) is 8.75. The Morgan fingerprint density at radius 3 is 1.40 bits per heavy atom. The van der Waals surface area contributed by atoms with Crippen molar-refractivity contribution in [1.82, 2.24) is 15.0 Å². The smallest absolute Gasteiger partial charge is 0.160 e. The molecular weight excluding hydrogens is 687 g/mol. The van der Waals surface area contributed by atoms with Crippen LogP contribution in [0.25, 0.3) is 98.8 Å². The van der Waals surface area contributed by atoms with E-state index in [1.54, 1.807) is 0 Å². The number of nitrogens with zero attached hydrogens (tertiary/aromatic N) is 3. The van der Waals surface area contributed by atoms with Gasteiger partial charge in [-0.25, -0.2) is 15.0 Å². The minimum atomic E-state index is 0.697. The fourth-order valence-electron chi connectivity index (χ4n) is 7.40. The Balaban J connectivity index is 1.11. The third-order valence-corrected chi connectivity index (χ3v) is 11.4. The van der Waals surface area contributed by atoms with Crippen molar-refractivity contribution < 1.29 is 0 Å². The predicted octanol–water partition coefficient (Wildman–Crippen LogP) is 13.9. The summed E-state index contributed by atoms with van der Waals surface area (Å²) >= 11 is 1.82. The number of fused-ring (bicyclic) bond motifs is 3. The highest BCUT2D eigenvalue weighted by Crippen LogP contribution is 2.49. The zero-order valence-corrected chi connectivity index (χ0v) is 30.6. The number of hydrogen-bond acceptors (Lipinski definition) is 4. The number of benzene rings is 7. The molecule has 0 fully saturated rings. The maximum Gasteiger partial charge on any atom is 0.160 e. The number of pyridine rings is 1. The molecule has 7 aromatic carbocycles. The molecule has 0 atom stereocenters. The molecule has 0 aliphatic rings. The second-order valence-electron chi connectivity index (χ2n) is 13.6. The summed E-state index contributed by atoms with van der Waals surface area (Å²) in [5.41, 5.74) is 13.8. The summed E-state index contributed by atoms with van der Waals surface area (Å²) in [6.45, 7) is 0. The van der Waals surface area contributed by atoms with E-state index in [0.29, 0.717) is 5.82 Å². The van der Waals surface area contributed by atoms with Crippen molar-refractivity contribution in [3.8, 4) is 77.9 Å². The number of aromatic nitrogens is 3. The van der Waals surface area contributed by atoms with Crippen molar-refractivity contribution in [1.29, 1.82) is 0 Å². The maximum atomic E-state index is 5.34. The lowest BCUT2D eigenvalue weighted by atomic mass is 9.95. The first-order valence-corrected chi connectivity index (χ1v) is 19.3. The molecule has 0 radical (unpaired) electrons. The van der Waals surface area contributed by atoms with E-state index in [2.05, 4.69) is 176 Å². The molecule has 0 saturated carbocycles. The number of thiophene rings is 1. The molecule has 55 heavy (non-hydrogen) atoms. The van der Waals surface area contributed by atoms with Gasteiger partial charge in [0.25, 0.3) is 0 Å². The average Bonchev–Trinajstić information content (AvgIpc) is 3.69. The zero-order valence-electron chi connectivity index (χ0n) is 29.8. The van der Waals surface area contributed by atoms with Gasteiger partial charge in [0.15, 0.2) is 5.82 Å². The highest BCUT2D eigenvalue weighted by molar-refractivity contribution is 7.23.